The van der Waals surface area contributed by atoms with Crippen molar-refractivity contribution in [2.75, 3.05) is 13.6 Å². The zero-order chi connectivity index (χ0) is 12.5. The Balaban J connectivity index is 1.85. The third-order valence-electron chi connectivity index (χ3n) is 3.59. The van der Waals surface area contributed by atoms with Gasteiger partial charge < -0.3 is 4.90 Å². The molecule has 0 radical (unpaired) electrons. The lowest BCUT2D eigenvalue weighted by Crippen LogP contribution is -2.35. The van der Waals surface area contributed by atoms with E-state index in [0.29, 0.717) is 6.54 Å². The molecule has 18 heavy (non-hydrogen) atoms. The van der Waals surface area contributed by atoms with Crippen LogP contribution in [-0.4, -0.2) is 30.6 Å². The average Bonchev–Trinajstić information content (AvgIpc) is 2.71. The van der Waals surface area contributed by atoms with Crippen molar-refractivity contribution in [1.29, 1.82) is 0 Å². The lowest BCUT2D eigenvalue weighted by atomic mass is 10.0. The van der Waals surface area contributed by atoms with Gasteiger partial charge in [-0.25, -0.2) is 0 Å². The monoisotopic (exact) mass is 240 g/mol. The minimum atomic E-state index is 0.124. The van der Waals surface area contributed by atoms with E-state index in [0.717, 1.165) is 6.42 Å². The number of hydrogen-bond donors (Lipinski definition) is 1. The zero-order valence-electron chi connectivity index (χ0n) is 10.4. The Labute approximate surface area is 106 Å². The van der Waals surface area contributed by atoms with E-state index in [1.165, 1.54) is 16.3 Å². The fourth-order valence-electron chi connectivity index (χ4n) is 2.44. The lowest BCUT2D eigenvalue weighted by molar-refractivity contribution is -0.126. The Bertz CT molecular complexity index is 594. The molecule has 1 fully saturated rings. The third-order valence-corrected chi connectivity index (χ3v) is 3.59. The largest absolute Gasteiger partial charge is 0.329 e. The Morgan fingerprint density at radius 1 is 1.22 bits per heavy atom. The van der Waals surface area contributed by atoms with E-state index < -0.39 is 0 Å². The number of nitrogens with zero attached hydrogens (tertiary/aromatic N) is 1. The molecule has 0 bridgehead atoms. The summed E-state index contributed by atoms with van der Waals surface area (Å²) in [5.41, 5.74) is 1.26. The topological polar surface area (TPSA) is 32.3 Å². The molecule has 3 nitrogen and oxygen atoms in total. The molecule has 3 heteroatoms. The fraction of sp³-hybridized carbons (Fsp3) is 0.267. The van der Waals surface area contributed by atoms with Gasteiger partial charge in [0.2, 0.25) is 5.91 Å². The number of benzene rings is 2. The number of likely N-dealkylation sites (N-methyl/N-ethyl adjacent to an activating group) is 1. The van der Waals surface area contributed by atoms with Crippen molar-refractivity contribution in [3.63, 3.8) is 0 Å². The molecular weight excluding hydrogens is 224 g/mol. The quantitative estimate of drug-likeness (QED) is 0.867. The second-order valence-corrected chi connectivity index (χ2v) is 4.79. The van der Waals surface area contributed by atoms with E-state index >= 15 is 0 Å². The van der Waals surface area contributed by atoms with Gasteiger partial charge in [-0.05, 0) is 16.3 Å². The third kappa shape index (κ3) is 1.97. The summed E-state index contributed by atoms with van der Waals surface area (Å²) in [6, 6.07) is 14.8. The van der Waals surface area contributed by atoms with Crippen molar-refractivity contribution >= 4 is 16.7 Å². The maximum atomic E-state index is 11.5. The molecule has 1 aliphatic heterocycles. The smallest absolute Gasteiger partial charge is 0.237 e. The van der Waals surface area contributed by atoms with E-state index in [1.54, 1.807) is 4.90 Å². The fourth-order valence-corrected chi connectivity index (χ4v) is 2.44. The predicted molar refractivity (Wildman–Crippen MR) is 72.2 cm³/mol. The molecule has 1 aliphatic rings. The molecule has 3 rings (SSSR count). The molecule has 0 unspecified atom stereocenters. The van der Waals surface area contributed by atoms with Crippen molar-refractivity contribution in [1.82, 2.24) is 10.2 Å². The van der Waals surface area contributed by atoms with Crippen molar-refractivity contribution in [2.45, 2.75) is 12.6 Å². The van der Waals surface area contributed by atoms with Crippen LogP contribution in [0.5, 0.6) is 0 Å². The number of nitrogens with one attached hydrogen (secondary N) is 1. The normalized spacial score (nSPS) is 19.7. The van der Waals surface area contributed by atoms with Crippen LogP contribution in [0.15, 0.2) is 42.5 Å². The second kappa shape index (κ2) is 4.42. The summed E-state index contributed by atoms with van der Waals surface area (Å²) in [5.74, 6) is 0.167. The summed E-state index contributed by atoms with van der Waals surface area (Å²) in [4.78, 5) is 13.2. The van der Waals surface area contributed by atoms with Crippen LogP contribution in [-0.2, 0) is 11.2 Å². The van der Waals surface area contributed by atoms with Gasteiger partial charge in [0.25, 0.3) is 0 Å². The van der Waals surface area contributed by atoms with Gasteiger partial charge in [0.15, 0.2) is 0 Å². The van der Waals surface area contributed by atoms with Gasteiger partial charge in [-0.2, -0.15) is 0 Å². The number of amides is 1. The molecule has 0 aromatic heterocycles. The van der Waals surface area contributed by atoms with E-state index in [1.807, 2.05) is 13.1 Å². The number of fused-ring (bicyclic) bond motifs is 1. The molecule has 1 N–H and O–H groups in total. The van der Waals surface area contributed by atoms with Crippen molar-refractivity contribution < 1.29 is 4.79 Å². The first-order valence-corrected chi connectivity index (χ1v) is 6.21. The van der Waals surface area contributed by atoms with Crippen LogP contribution < -0.4 is 5.32 Å². The lowest BCUT2D eigenvalue weighted by Gasteiger charge is -2.19. The first-order chi connectivity index (χ1) is 8.74. The van der Waals surface area contributed by atoms with Gasteiger partial charge in [0.1, 0.15) is 0 Å². The van der Waals surface area contributed by atoms with E-state index in [9.17, 15) is 4.79 Å². The minimum absolute atomic E-state index is 0.124. The van der Waals surface area contributed by atoms with Gasteiger partial charge in [0.05, 0.1) is 12.7 Å². The van der Waals surface area contributed by atoms with Gasteiger partial charge >= 0.3 is 0 Å². The van der Waals surface area contributed by atoms with Crippen LogP contribution in [0.25, 0.3) is 10.8 Å². The molecular formula is C15H16N2O. The molecule has 1 heterocycles. The second-order valence-electron chi connectivity index (χ2n) is 4.79. The molecule has 0 aliphatic carbocycles. The first-order valence-electron chi connectivity index (χ1n) is 6.21. The van der Waals surface area contributed by atoms with Crippen molar-refractivity contribution in [3.05, 3.63) is 48.0 Å². The number of carbonyl (C=O) groups is 1. The SMILES string of the molecule is CN1C(=O)CN[C@H]1Cc1ccc2ccccc2c1. The summed E-state index contributed by atoms with van der Waals surface area (Å²) in [6.07, 6.45) is 0.978. The predicted octanol–water partition coefficient (Wildman–Crippen LogP) is 1.77. The maximum absolute atomic E-state index is 11.5. The number of hydrogen-bond acceptors (Lipinski definition) is 2. The molecule has 2 aromatic rings. The molecule has 0 spiro atoms. The van der Waals surface area contributed by atoms with Crippen LogP contribution in [0, 0.1) is 0 Å². The number of rotatable bonds is 2. The molecule has 1 amide bonds. The van der Waals surface area contributed by atoms with Gasteiger partial charge in [-0.3, -0.25) is 10.1 Å². The van der Waals surface area contributed by atoms with E-state index in [4.69, 9.17) is 0 Å². The maximum Gasteiger partial charge on any atom is 0.237 e. The van der Waals surface area contributed by atoms with Gasteiger partial charge in [-0.15, -0.1) is 0 Å². The summed E-state index contributed by atoms with van der Waals surface area (Å²) >= 11 is 0. The van der Waals surface area contributed by atoms with Crippen LogP contribution in [0.1, 0.15) is 5.56 Å². The van der Waals surface area contributed by atoms with E-state index in [-0.39, 0.29) is 12.1 Å². The minimum Gasteiger partial charge on any atom is -0.329 e. The Kier molecular flexibility index (Phi) is 2.76. The molecule has 2 aromatic carbocycles. The molecule has 1 atom stereocenters. The summed E-state index contributed by atoms with van der Waals surface area (Å²) in [5, 5.41) is 5.74. The van der Waals surface area contributed by atoms with E-state index in [2.05, 4.69) is 41.7 Å². The van der Waals surface area contributed by atoms with Gasteiger partial charge in [0, 0.05) is 13.5 Å². The zero-order valence-corrected chi connectivity index (χ0v) is 10.4. The van der Waals surface area contributed by atoms with Crippen LogP contribution >= 0.6 is 0 Å². The van der Waals surface area contributed by atoms with Crippen LogP contribution in [0.2, 0.25) is 0 Å². The van der Waals surface area contributed by atoms with Crippen LogP contribution in [0.4, 0.5) is 0 Å². The molecule has 92 valence electrons. The van der Waals surface area contributed by atoms with Crippen LogP contribution in [0.3, 0.4) is 0 Å². The highest BCUT2D eigenvalue weighted by Crippen LogP contribution is 2.18. The Morgan fingerprint density at radius 3 is 2.72 bits per heavy atom. The highest BCUT2D eigenvalue weighted by Gasteiger charge is 2.26. The Hall–Kier alpha value is -1.87. The molecule has 1 saturated heterocycles. The Morgan fingerprint density at radius 2 is 2.00 bits per heavy atom. The summed E-state index contributed by atoms with van der Waals surface area (Å²) in [7, 11) is 1.86. The summed E-state index contributed by atoms with van der Waals surface area (Å²) < 4.78 is 0. The average molecular weight is 240 g/mol. The standard InChI is InChI=1S/C15H16N2O/c1-17-14(16-10-15(17)18)9-11-6-7-12-4-2-3-5-13(12)8-11/h2-8,14,16H,9-10H2,1H3/t14-/m1/s1. The number of carbonyl (C=O) groups excluding carboxylic acids is 1. The van der Waals surface area contributed by atoms with Crippen molar-refractivity contribution in [2.24, 2.45) is 0 Å². The first kappa shape index (κ1) is 11.2. The van der Waals surface area contributed by atoms with Crippen molar-refractivity contribution in [3.8, 4) is 0 Å². The summed E-state index contributed by atoms with van der Waals surface area (Å²) in [6.45, 7) is 0.453. The highest BCUT2D eigenvalue weighted by atomic mass is 16.2. The highest BCUT2D eigenvalue weighted by molar-refractivity contribution is 5.83. The van der Waals surface area contributed by atoms with Gasteiger partial charge in [-0.1, -0.05) is 42.5 Å². The molecule has 0 saturated carbocycles.